The highest BCUT2D eigenvalue weighted by molar-refractivity contribution is 7.15. The van der Waals surface area contributed by atoms with Crippen molar-refractivity contribution in [2.75, 3.05) is 5.73 Å². The van der Waals surface area contributed by atoms with Gasteiger partial charge < -0.3 is 5.73 Å². The molecule has 0 saturated heterocycles. The minimum Gasteiger partial charge on any atom is -0.374 e. The number of alkyl halides is 1. The van der Waals surface area contributed by atoms with Crippen LogP contribution in [0.25, 0.3) is 0 Å². The Kier molecular flexibility index (Phi) is 1.38. The number of hydrogen-bond acceptors (Lipinski definition) is 4. The van der Waals surface area contributed by atoms with Gasteiger partial charge in [-0.3, -0.25) is 0 Å². The summed E-state index contributed by atoms with van der Waals surface area (Å²) in [6.45, 7) is -0.575. The minimum atomic E-state index is -0.575. The van der Waals surface area contributed by atoms with Gasteiger partial charge in [-0.15, -0.1) is 10.2 Å². The number of nitrogen functional groups attached to an aromatic ring is 1. The van der Waals surface area contributed by atoms with Crippen molar-refractivity contribution in [1.29, 1.82) is 0 Å². The molecule has 0 aliphatic heterocycles. The Balaban J connectivity index is 2.84. The van der Waals surface area contributed by atoms with Gasteiger partial charge in [-0.05, 0) is 0 Å². The summed E-state index contributed by atoms with van der Waals surface area (Å²) in [6, 6.07) is 0. The van der Waals surface area contributed by atoms with Gasteiger partial charge in [-0.25, -0.2) is 4.39 Å². The largest absolute Gasteiger partial charge is 0.374 e. The topological polar surface area (TPSA) is 51.8 Å². The van der Waals surface area contributed by atoms with Crippen LogP contribution in [-0.4, -0.2) is 10.2 Å². The molecule has 0 bridgehead atoms. The van der Waals surface area contributed by atoms with Crippen LogP contribution < -0.4 is 5.73 Å². The van der Waals surface area contributed by atoms with E-state index in [1.807, 2.05) is 0 Å². The van der Waals surface area contributed by atoms with Gasteiger partial charge in [0.15, 0.2) is 0 Å². The lowest BCUT2D eigenvalue weighted by Gasteiger charge is -1.72. The Morgan fingerprint density at radius 3 is 2.62 bits per heavy atom. The Morgan fingerprint density at radius 2 is 2.38 bits per heavy atom. The highest BCUT2D eigenvalue weighted by Gasteiger charge is 1.96. The molecule has 2 N–H and O–H groups in total. The number of hydrogen-bond donors (Lipinski definition) is 1. The summed E-state index contributed by atoms with van der Waals surface area (Å²) in [6.07, 6.45) is 0. The lowest BCUT2D eigenvalue weighted by atomic mass is 10.8. The maximum absolute atomic E-state index is 11.6. The molecule has 1 aromatic rings. The number of nitrogens with two attached hydrogens (primary N) is 1. The second-order valence-corrected chi connectivity index (χ2v) is 2.26. The molecule has 0 aromatic carbocycles. The maximum Gasteiger partial charge on any atom is 0.203 e. The monoisotopic (exact) mass is 133 g/mol. The highest BCUT2D eigenvalue weighted by Crippen LogP contribution is 2.10. The van der Waals surface area contributed by atoms with E-state index >= 15 is 0 Å². The van der Waals surface area contributed by atoms with Gasteiger partial charge in [-0.1, -0.05) is 11.3 Å². The quantitative estimate of drug-likeness (QED) is 0.610. The third-order valence-electron chi connectivity index (χ3n) is 0.597. The summed E-state index contributed by atoms with van der Waals surface area (Å²) < 4.78 is 11.6. The lowest BCUT2D eigenvalue weighted by molar-refractivity contribution is 0.481. The van der Waals surface area contributed by atoms with Gasteiger partial charge in [0.2, 0.25) is 5.13 Å². The first kappa shape index (κ1) is 5.43. The molecule has 1 aromatic heterocycles. The van der Waals surface area contributed by atoms with Crippen molar-refractivity contribution < 1.29 is 4.39 Å². The molecule has 0 fully saturated rings. The molecule has 5 heteroatoms. The van der Waals surface area contributed by atoms with Gasteiger partial charge in [-0.2, -0.15) is 0 Å². The van der Waals surface area contributed by atoms with Gasteiger partial charge in [0.05, 0.1) is 0 Å². The molecule has 0 spiro atoms. The molecule has 0 saturated carbocycles. The average molecular weight is 133 g/mol. The third kappa shape index (κ3) is 0.919. The van der Waals surface area contributed by atoms with Gasteiger partial charge in [0.1, 0.15) is 11.7 Å². The van der Waals surface area contributed by atoms with E-state index in [4.69, 9.17) is 5.73 Å². The zero-order valence-electron chi connectivity index (χ0n) is 3.97. The maximum atomic E-state index is 11.6. The number of aromatic nitrogens is 2. The predicted octanol–water partition coefficient (Wildman–Crippen LogP) is 0.590. The number of rotatable bonds is 1. The van der Waals surface area contributed by atoms with Gasteiger partial charge in [0, 0.05) is 0 Å². The second kappa shape index (κ2) is 2.04. The van der Waals surface area contributed by atoms with Crippen LogP contribution in [0.5, 0.6) is 0 Å². The van der Waals surface area contributed by atoms with E-state index in [1.54, 1.807) is 0 Å². The first-order chi connectivity index (χ1) is 3.83. The van der Waals surface area contributed by atoms with Crippen molar-refractivity contribution in [2.24, 2.45) is 0 Å². The number of nitrogens with zero attached hydrogens (tertiary/aromatic N) is 2. The summed E-state index contributed by atoms with van der Waals surface area (Å²) in [5.41, 5.74) is 5.13. The molecular weight excluding hydrogens is 129 g/mol. The van der Waals surface area contributed by atoms with Crippen LogP contribution in [0.2, 0.25) is 0 Å². The van der Waals surface area contributed by atoms with Crippen molar-refractivity contribution in [3.8, 4) is 0 Å². The molecule has 1 heterocycles. The number of halogens is 1. The summed E-state index contributed by atoms with van der Waals surface area (Å²) in [5, 5.41) is 7.45. The fraction of sp³-hybridized carbons (Fsp3) is 0.333. The van der Waals surface area contributed by atoms with Gasteiger partial charge in [0.25, 0.3) is 0 Å². The minimum absolute atomic E-state index is 0.317. The fourth-order valence-corrected chi connectivity index (χ4v) is 0.780. The summed E-state index contributed by atoms with van der Waals surface area (Å²) in [4.78, 5) is 0. The fourth-order valence-electron chi connectivity index (χ4n) is 0.321. The zero-order chi connectivity index (χ0) is 5.98. The second-order valence-electron chi connectivity index (χ2n) is 1.17. The van der Waals surface area contributed by atoms with E-state index in [0.717, 1.165) is 11.3 Å². The SMILES string of the molecule is Nc1nnc(CF)s1. The Bertz CT molecular complexity index is 175. The normalized spacial score (nSPS) is 9.62. The van der Waals surface area contributed by atoms with Crippen molar-refractivity contribution in [3.05, 3.63) is 5.01 Å². The van der Waals surface area contributed by atoms with Crippen molar-refractivity contribution in [1.82, 2.24) is 10.2 Å². The molecule has 0 atom stereocenters. The van der Waals surface area contributed by atoms with Crippen LogP contribution in [0.4, 0.5) is 9.52 Å². The molecule has 8 heavy (non-hydrogen) atoms. The van der Waals surface area contributed by atoms with Crippen molar-refractivity contribution in [3.63, 3.8) is 0 Å². The Morgan fingerprint density at radius 1 is 1.62 bits per heavy atom. The van der Waals surface area contributed by atoms with Crippen LogP contribution >= 0.6 is 11.3 Å². The number of anilines is 1. The lowest BCUT2D eigenvalue weighted by Crippen LogP contribution is -1.80. The van der Waals surface area contributed by atoms with E-state index in [1.165, 1.54) is 0 Å². The van der Waals surface area contributed by atoms with Crippen LogP contribution in [0.15, 0.2) is 0 Å². The Hall–Kier alpha value is -0.710. The molecule has 44 valence electrons. The zero-order valence-corrected chi connectivity index (χ0v) is 4.78. The van der Waals surface area contributed by atoms with Crippen LogP contribution in [0.3, 0.4) is 0 Å². The molecule has 0 aliphatic rings. The molecule has 0 aliphatic carbocycles. The molecule has 0 radical (unpaired) electrons. The van der Waals surface area contributed by atoms with Crippen molar-refractivity contribution in [2.45, 2.75) is 6.67 Å². The molecular formula is C3H4FN3S. The van der Waals surface area contributed by atoms with E-state index < -0.39 is 6.67 Å². The van der Waals surface area contributed by atoms with Crippen LogP contribution in [0, 0.1) is 0 Å². The first-order valence-electron chi connectivity index (χ1n) is 1.96. The molecule has 3 nitrogen and oxygen atoms in total. The average Bonchev–Trinajstić information content (AvgIpc) is 2.14. The van der Waals surface area contributed by atoms with Crippen LogP contribution in [0.1, 0.15) is 5.01 Å². The van der Waals surface area contributed by atoms with Gasteiger partial charge >= 0.3 is 0 Å². The molecule has 0 unspecified atom stereocenters. The van der Waals surface area contributed by atoms with Crippen molar-refractivity contribution >= 4 is 16.5 Å². The standard InChI is InChI=1S/C3H4FN3S/c4-1-2-6-7-3(5)8-2/h1H2,(H2,5,7). The predicted molar refractivity (Wildman–Crippen MR) is 29.1 cm³/mol. The van der Waals surface area contributed by atoms with E-state index in [2.05, 4.69) is 10.2 Å². The third-order valence-corrected chi connectivity index (χ3v) is 1.31. The smallest absolute Gasteiger partial charge is 0.203 e. The van der Waals surface area contributed by atoms with E-state index in [9.17, 15) is 4.39 Å². The molecule has 1 rings (SSSR count). The summed E-state index contributed by atoms with van der Waals surface area (Å²) in [5.74, 6) is 0. The van der Waals surface area contributed by atoms with E-state index in [0.29, 0.717) is 10.1 Å². The highest BCUT2D eigenvalue weighted by atomic mass is 32.1. The summed E-state index contributed by atoms with van der Waals surface area (Å²) in [7, 11) is 0. The van der Waals surface area contributed by atoms with E-state index in [-0.39, 0.29) is 0 Å². The Labute approximate surface area is 49.3 Å². The van der Waals surface area contributed by atoms with Crippen LogP contribution in [-0.2, 0) is 6.67 Å². The first-order valence-corrected chi connectivity index (χ1v) is 2.78. The summed E-state index contributed by atoms with van der Waals surface area (Å²) >= 11 is 1.07. The molecule has 0 amide bonds.